The van der Waals surface area contributed by atoms with E-state index >= 15 is 0 Å². The van der Waals surface area contributed by atoms with E-state index in [-0.39, 0.29) is 30.6 Å². The van der Waals surface area contributed by atoms with E-state index in [1.54, 1.807) is 24.3 Å². The Kier molecular flexibility index (Phi) is 7.51. The summed E-state index contributed by atoms with van der Waals surface area (Å²) in [7, 11) is 0. The molecule has 1 aliphatic heterocycles. The summed E-state index contributed by atoms with van der Waals surface area (Å²) >= 11 is 0. The number of benzene rings is 2. The predicted molar refractivity (Wildman–Crippen MR) is 105 cm³/mol. The van der Waals surface area contributed by atoms with Crippen LogP contribution in [0.25, 0.3) is 0 Å². The molecule has 0 unspecified atom stereocenters. The van der Waals surface area contributed by atoms with E-state index in [0.29, 0.717) is 37.5 Å². The van der Waals surface area contributed by atoms with Crippen molar-refractivity contribution in [1.29, 1.82) is 0 Å². The molecular formula is C20H22ClF3N2O3. The van der Waals surface area contributed by atoms with Crippen LogP contribution in [0.2, 0.25) is 0 Å². The van der Waals surface area contributed by atoms with Crippen LogP contribution in [0, 0.1) is 5.41 Å². The second kappa shape index (κ2) is 9.47. The van der Waals surface area contributed by atoms with Crippen molar-refractivity contribution < 1.29 is 27.4 Å². The topological polar surface area (TPSA) is 73.6 Å². The number of carbonyl (C=O) groups excluding carboxylic acids is 1. The van der Waals surface area contributed by atoms with Gasteiger partial charge in [0.05, 0.1) is 11.0 Å². The van der Waals surface area contributed by atoms with Crippen LogP contribution in [0.5, 0.6) is 11.5 Å². The molecule has 0 saturated carbocycles. The molecule has 0 radical (unpaired) electrons. The first-order valence-electron chi connectivity index (χ1n) is 8.87. The molecule has 3 N–H and O–H groups in total. The predicted octanol–water partition coefficient (Wildman–Crippen LogP) is 4.61. The van der Waals surface area contributed by atoms with E-state index in [0.717, 1.165) is 12.1 Å². The fourth-order valence-electron chi connectivity index (χ4n) is 3.03. The minimum atomic E-state index is -4.43. The van der Waals surface area contributed by atoms with Gasteiger partial charge in [-0.2, -0.15) is 13.2 Å². The summed E-state index contributed by atoms with van der Waals surface area (Å²) < 4.78 is 49.1. The number of nitrogens with two attached hydrogens (primary N) is 1. The second-order valence-corrected chi connectivity index (χ2v) is 6.70. The lowest BCUT2D eigenvalue weighted by atomic mass is 9.79. The van der Waals surface area contributed by atoms with Gasteiger partial charge in [-0.1, -0.05) is 6.07 Å². The summed E-state index contributed by atoms with van der Waals surface area (Å²) in [5.74, 6) is 0.276. The highest BCUT2D eigenvalue weighted by Crippen LogP contribution is 2.33. The molecule has 0 aromatic heterocycles. The Hall–Kier alpha value is -2.29. The fraction of sp³-hybridized carbons (Fsp3) is 0.350. The third-order valence-electron chi connectivity index (χ3n) is 4.83. The number of nitrogens with one attached hydrogen (secondary N) is 1. The van der Waals surface area contributed by atoms with Gasteiger partial charge in [-0.25, -0.2) is 0 Å². The van der Waals surface area contributed by atoms with Crippen LogP contribution in [0.4, 0.5) is 18.9 Å². The van der Waals surface area contributed by atoms with Gasteiger partial charge in [0.25, 0.3) is 0 Å². The number of halogens is 4. The monoisotopic (exact) mass is 430 g/mol. The van der Waals surface area contributed by atoms with Crippen molar-refractivity contribution in [3.63, 3.8) is 0 Å². The van der Waals surface area contributed by atoms with Crippen molar-refractivity contribution in [3.05, 3.63) is 54.1 Å². The first-order chi connectivity index (χ1) is 13.3. The lowest BCUT2D eigenvalue weighted by molar-refractivity contribution is -0.137. The van der Waals surface area contributed by atoms with E-state index < -0.39 is 17.2 Å². The minimum Gasteiger partial charge on any atom is -0.457 e. The molecule has 1 aliphatic rings. The van der Waals surface area contributed by atoms with Gasteiger partial charge >= 0.3 is 6.18 Å². The number of carbonyl (C=O) groups is 1. The first-order valence-corrected chi connectivity index (χ1v) is 8.87. The number of hydrogen-bond donors (Lipinski definition) is 2. The lowest BCUT2D eigenvalue weighted by Crippen LogP contribution is -2.46. The number of amides is 1. The molecule has 158 valence electrons. The molecule has 29 heavy (non-hydrogen) atoms. The van der Waals surface area contributed by atoms with Gasteiger partial charge in [-0.3, -0.25) is 4.79 Å². The number of hydrogen-bond acceptors (Lipinski definition) is 4. The van der Waals surface area contributed by atoms with E-state index in [2.05, 4.69) is 5.32 Å². The normalized spacial score (nSPS) is 15.9. The van der Waals surface area contributed by atoms with Gasteiger partial charge < -0.3 is 20.5 Å². The summed E-state index contributed by atoms with van der Waals surface area (Å²) in [4.78, 5) is 12.6. The minimum absolute atomic E-state index is 0. The van der Waals surface area contributed by atoms with Gasteiger partial charge in [0, 0.05) is 25.4 Å². The Bertz CT molecular complexity index is 822. The highest BCUT2D eigenvalue weighted by molar-refractivity contribution is 5.95. The molecule has 0 aliphatic carbocycles. The van der Waals surface area contributed by atoms with Crippen molar-refractivity contribution in [2.45, 2.75) is 19.0 Å². The van der Waals surface area contributed by atoms with Crippen molar-refractivity contribution in [2.75, 3.05) is 25.1 Å². The summed E-state index contributed by atoms with van der Waals surface area (Å²) in [6.45, 7) is 1.22. The third kappa shape index (κ3) is 5.62. The van der Waals surface area contributed by atoms with Crippen LogP contribution < -0.4 is 15.8 Å². The Morgan fingerprint density at radius 2 is 1.76 bits per heavy atom. The molecule has 5 nitrogen and oxygen atoms in total. The summed E-state index contributed by atoms with van der Waals surface area (Å²) in [5.41, 5.74) is 4.96. The Morgan fingerprint density at radius 1 is 1.10 bits per heavy atom. The maximum absolute atomic E-state index is 12.8. The van der Waals surface area contributed by atoms with Crippen molar-refractivity contribution in [2.24, 2.45) is 11.1 Å². The van der Waals surface area contributed by atoms with Crippen molar-refractivity contribution >= 4 is 24.0 Å². The van der Waals surface area contributed by atoms with Gasteiger partial charge in [0.1, 0.15) is 11.5 Å². The molecule has 9 heteroatoms. The van der Waals surface area contributed by atoms with E-state index in [4.69, 9.17) is 15.2 Å². The van der Waals surface area contributed by atoms with Crippen molar-refractivity contribution in [1.82, 2.24) is 0 Å². The summed E-state index contributed by atoms with van der Waals surface area (Å²) in [6, 6.07) is 11.1. The van der Waals surface area contributed by atoms with Gasteiger partial charge in [-0.05, 0) is 55.3 Å². The quantitative estimate of drug-likeness (QED) is 0.726. The second-order valence-electron chi connectivity index (χ2n) is 6.70. The molecule has 1 saturated heterocycles. The number of rotatable bonds is 5. The number of anilines is 1. The van der Waals surface area contributed by atoms with Crippen molar-refractivity contribution in [3.8, 4) is 11.5 Å². The Balaban J connectivity index is 0.00000300. The zero-order valence-electron chi connectivity index (χ0n) is 15.5. The standard InChI is InChI=1S/C20H21F3N2O3.ClH/c21-20(22,23)14-2-1-3-17(12-14)28-16-6-4-15(5-7-16)25-18(26)19(13-24)8-10-27-11-9-19;/h1-7,12H,8-11,13,24H2,(H,25,26);1H. The largest absolute Gasteiger partial charge is 0.457 e. The van der Waals surface area contributed by atoms with E-state index in [1.807, 2.05) is 0 Å². The molecule has 0 bridgehead atoms. The van der Waals surface area contributed by atoms with Crippen LogP contribution in [0.3, 0.4) is 0 Å². The summed E-state index contributed by atoms with van der Waals surface area (Å²) in [6.07, 6.45) is -3.31. The molecule has 0 atom stereocenters. The lowest BCUT2D eigenvalue weighted by Gasteiger charge is -2.34. The SMILES string of the molecule is Cl.NCC1(C(=O)Nc2ccc(Oc3cccc(C(F)(F)F)c3)cc2)CCOCC1. The molecule has 1 fully saturated rings. The molecule has 2 aromatic rings. The van der Waals surface area contributed by atoms with Crippen LogP contribution in [-0.4, -0.2) is 25.7 Å². The van der Waals surface area contributed by atoms with Crippen LogP contribution in [-0.2, 0) is 15.7 Å². The molecule has 0 spiro atoms. The average molecular weight is 431 g/mol. The summed E-state index contributed by atoms with van der Waals surface area (Å²) in [5, 5.41) is 2.84. The molecule has 2 aromatic carbocycles. The zero-order valence-corrected chi connectivity index (χ0v) is 16.3. The molecule has 1 amide bonds. The third-order valence-corrected chi connectivity index (χ3v) is 4.83. The highest BCUT2D eigenvalue weighted by atomic mass is 35.5. The van der Waals surface area contributed by atoms with Crippen LogP contribution in [0.15, 0.2) is 48.5 Å². The highest BCUT2D eigenvalue weighted by Gasteiger charge is 2.38. The van der Waals surface area contributed by atoms with Gasteiger partial charge in [0.15, 0.2) is 0 Å². The molecular weight excluding hydrogens is 409 g/mol. The van der Waals surface area contributed by atoms with Gasteiger partial charge in [-0.15, -0.1) is 12.4 Å². The maximum atomic E-state index is 12.8. The van der Waals surface area contributed by atoms with Gasteiger partial charge in [0.2, 0.25) is 5.91 Å². The molecule has 3 rings (SSSR count). The maximum Gasteiger partial charge on any atom is 0.416 e. The smallest absolute Gasteiger partial charge is 0.416 e. The zero-order chi connectivity index (χ0) is 20.2. The molecule has 1 heterocycles. The Labute approximate surface area is 172 Å². The number of alkyl halides is 3. The van der Waals surface area contributed by atoms with Crippen LogP contribution >= 0.6 is 12.4 Å². The van der Waals surface area contributed by atoms with Crippen LogP contribution in [0.1, 0.15) is 18.4 Å². The van der Waals surface area contributed by atoms with E-state index in [9.17, 15) is 18.0 Å². The Morgan fingerprint density at radius 3 is 2.34 bits per heavy atom. The first kappa shape index (κ1) is 23.0. The van der Waals surface area contributed by atoms with E-state index in [1.165, 1.54) is 12.1 Å². The fourth-order valence-corrected chi connectivity index (χ4v) is 3.03. The number of ether oxygens (including phenoxy) is 2. The average Bonchev–Trinajstić information content (AvgIpc) is 2.69.